The Morgan fingerprint density at radius 3 is 2.59 bits per heavy atom. The van der Waals surface area contributed by atoms with Gasteiger partial charge in [-0.3, -0.25) is 5.41 Å². The minimum atomic E-state index is 0.111. The smallest absolute Gasteiger partial charge is 0.173 e. The van der Waals surface area contributed by atoms with Gasteiger partial charge in [0.2, 0.25) is 0 Å². The molecule has 4 aromatic rings. The Morgan fingerprint density at radius 1 is 1.11 bits per heavy atom. The maximum atomic E-state index is 8.12. The van der Waals surface area contributed by atoms with E-state index in [1.807, 2.05) is 28.8 Å². The van der Waals surface area contributed by atoms with Gasteiger partial charge in [-0.15, -0.1) is 0 Å². The van der Waals surface area contributed by atoms with Crippen molar-refractivity contribution in [2.24, 2.45) is 0 Å². The molecular formula is C19H15Cl2N5O. The van der Waals surface area contributed by atoms with Crippen LogP contribution in [0, 0.1) is 5.41 Å². The highest BCUT2D eigenvalue weighted by Gasteiger charge is 2.15. The first-order valence-corrected chi connectivity index (χ1v) is 8.90. The zero-order valence-corrected chi connectivity index (χ0v) is 15.8. The average Bonchev–Trinajstić information content (AvgIpc) is 3.13. The van der Waals surface area contributed by atoms with Crippen molar-refractivity contribution in [2.75, 3.05) is 7.11 Å². The van der Waals surface area contributed by atoms with Gasteiger partial charge in [-0.25, -0.2) is 9.97 Å². The van der Waals surface area contributed by atoms with Crippen LogP contribution in [-0.4, -0.2) is 26.6 Å². The van der Waals surface area contributed by atoms with E-state index in [1.165, 1.54) is 0 Å². The number of methoxy groups -OCH3 is 1. The third-order valence-electron chi connectivity index (χ3n) is 4.27. The Kier molecular flexibility index (Phi) is 4.59. The number of ether oxygens (including phenoxy) is 1. The van der Waals surface area contributed by atoms with Crippen LogP contribution < -0.4 is 10.2 Å². The predicted molar refractivity (Wildman–Crippen MR) is 105 cm³/mol. The van der Waals surface area contributed by atoms with Crippen LogP contribution in [0.1, 0.15) is 5.56 Å². The Labute approximate surface area is 164 Å². The number of nitrogens with one attached hydrogen (secondary N) is 2. The number of hydrogen-bond donors (Lipinski definition) is 2. The van der Waals surface area contributed by atoms with Crippen LogP contribution in [-0.2, 0) is 6.54 Å². The summed E-state index contributed by atoms with van der Waals surface area (Å²) in [6.45, 7) is 0.387. The van der Waals surface area contributed by atoms with Gasteiger partial charge in [-0.1, -0.05) is 41.4 Å². The van der Waals surface area contributed by atoms with E-state index in [1.54, 1.807) is 31.6 Å². The molecule has 0 radical (unpaired) electrons. The lowest BCUT2D eigenvalue weighted by molar-refractivity contribution is 0.416. The molecule has 136 valence electrons. The first-order valence-electron chi connectivity index (χ1n) is 8.14. The van der Waals surface area contributed by atoms with E-state index in [0.29, 0.717) is 39.3 Å². The molecule has 0 fully saturated rings. The number of rotatable bonds is 4. The standard InChI is InChI=1S/C19H15Cl2N5O/c1-27-15-8-3-2-5-11(15)18-24-16-17(22)23-10-26(19(16)25-18)9-12-13(20)6-4-7-14(12)21/h2-8,10,22H,9H2,1H3,(H,24,25). The molecule has 0 saturated carbocycles. The predicted octanol–water partition coefficient (Wildman–Crippen LogP) is 4.27. The van der Waals surface area contributed by atoms with Gasteiger partial charge in [0.15, 0.2) is 11.1 Å². The third kappa shape index (κ3) is 3.18. The molecule has 0 unspecified atom stereocenters. The summed E-state index contributed by atoms with van der Waals surface area (Å²) >= 11 is 12.6. The van der Waals surface area contributed by atoms with Gasteiger partial charge in [0.05, 0.1) is 25.5 Å². The SMILES string of the molecule is COc1ccccc1-c1nc2c([nH]1)c(=N)ncn2Cc1c(Cl)cccc1Cl. The van der Waals surface area contributed by atoms with E-state index in [0.717, 1.165) is 11.1 Å². The lowest BCUT2D eigenvalue weighted by atomic mass is 10.2. The minimum absolute atomic E-state index is 0.111. The molecule has 0 spiro atoms. The molecule has 2 N–H and O–H groups in total. The third-order valence-corrected chi connectivity index (χ3v) is 4.98. The molecule has 0 aliphatic carbocycles. The average molecular weight is 400 g/mol. The molecule has 8 heteroatoms. The van der Waals surface area contributed by atoms with E-state index >= 15 is 0 Å². The van der Waals surface area contributed by atoms with Crippen molar-refractivity contribution in [1.29, 1.82) is 5.41 Å². The zero-order valence-electron chi connectivity index (χ0n) is 14.3. The van der Waals surface area contributed by atoms with Crippen molar-refractivity contribution in [1.82, 2.24) is 19.5 Å². The molecule has 27 heavy (non-hydrogen) atoms. The number of aromatic nitrogens is 4. The number of hydrogen-bond acceptors (Lipinski definition) is 4. The summed E-state index contributed by atoms with van der Waals surface area (Å²) in [5.74, 6) is 1.29. The number of benzene rings is 2. The van der Waals surface area contributed by atoms with Crippen LogP contribution in [0.15, 0.2) is 48.8 Å². The first-order chi connectivity index (χ1) is 13.1. The van der Waals surface area contributed by atoms with Crippen LogP contribution >= 0.6 is 23.2 Å². The van der Waals surface area contributed by atoms with Gasteiger partial charge < -0.3 is 14.3 Å². The maximum Gasteiger partial charge on any atom is 0.173 e. The number of para-hydroxylation sites is 1. The van der Waals surface area contributed by atoms with Crippen LogP contribution in [0.3, 0.4) is 0 Å². The van der Waals surface area contributed by atoms with Crippen LogP contribution in [0.2, 0.25) is 10.0 Å². The second-order valence-electron chi connectivity index (χ2n) is 5.91. The van der Waals surface area contributed by atoms with Gasteiger partial charge >= 0.3 is 0 Å². The Hall–Kier alpha value is -2.83. The fourth-order valence-electron chi connectivity index (χ4n) is 2.92. The number of imidazole rings is 1. The quantitative estimate of drug-likeness (QED) is 0.537. The Balaban J connectivity index is 1.88. The minimum Gasteiger partial charge on any atom is -0.496 e. The molecule has 2 aromatic heterocycles. The Bertz CT molecular complexity index is 1180. The lowest BCUT2D eigenvalue weighted by Gasteiger charge is -2.10. The molecule has 0 saturated heterocycles. The van der Waals surface area contributed by atoms with Gasteiger partial charge in [-0.2, -0.15) is 0 Å². The largest absolute Gasteiger partial charge is 0.496 e. The van der Waals surface area contributed by atoms with E-state index in [-0.39, 0.29) is 5.49 Å². The monoisotopic (exact) mass is 399 g/mol. The van der Waals surface area contributed by atoms with Crippen LogP contribution in [0.5, 0.6) is 5.75 Å². The summed E-state index contributed by atoms with van der Waals surface area (Å²) in [6.07, 6.45) is 1.57. The number of H-pyrrole nitrogens is 1. The summed E-state index contributed by atoms with van der Waals surface area (Å²) in [7, 11) is 1.61. The highest BCUT2D eigenvalue weighted by Crippen LogP contribution is 2.29. The van der Waals surface area contributed by atoms with Crippen molar-refractivity contribution in [3.63, 3.8) is 0 Å². The summed E-state index contributed by atoms with van der Waals surface area (Å²) in [5, 5.41) is 9.26. The molecule has 2 heterocycles. The zero-order chi connectivity index (χ0) is 19.0. The topological polar surface area (TPSA) is 79.6 Å². The van der Waals surface area contributed by atoms with Gasteiger partial charge in [0.1, 0.15) is 17.1 Å². The molecule has 0 aliphatic rings. The second kappa shape index (κ2) is 7.06. The number of halogens is 2. The molecule has 0 aliphatic heterocycles. The molecule has 0 bridgehead atoms. The maximum absolute atomic E-state index is 8.12. The highest BCUT2D eigenvalue weighted by molar-refractivity contribution is 6.36. The lowest BCUT2D eigenvalue weighted by Crippen LogP contribution is -2.13. The van der Waals surface area contributed by atoms with Gasteiger partial charge in [0, 0.05) is 15.6 Å². The molecule has 0 atom stereocenters. The number of aromatic amines is 1. The fourth-order valence-corrected chi connectivity index (χ4v) is 3.44. The second-order valence-corrected chi connectivity index (χ2v) is 6.72. The van der Waals surface area contributed by atoms with Crippen LogP contribution in [0.25, 0.3) is 22.6 Å². The number of fused-ring (bicyclic) bond motifs is 1. The summed E-state index contributed by atoms with van der Waals surface area (Å²) in [5.41, 5.74) is 2.81. The Morgan fingerprint density at radius 2 is 1.85 bits per heavy atom. The fraction of sp³-hybridized carbons (Fsp3) is 0.105. The molecule has 4 rings (SSSR count). The summed E-state index contributed by atoms with van der Waals surface area (Å²) in [4.78, 5) is 12.0. The van der Waals surface area contributed by atoms with E-state index in [9.17, 15) is 0 Å². The van der Waals surface area contributed by atoms with Crippen molar-refractivity contribution in [3.8, 4) is 17.1 Å². The normalized spacial score (nSPS) is 11.1. The highest BCUT2D eigenvalue weighted by atomic mass is 35.5. The van der Waals surface area contributed by atoms with E-state index in [2.05, 4.69) is 15.0 Å². The van der Waals surface area contributed by atoms with Crippen LogP contribution in [0.4, 0.5) is 0 Å². The van der Waals surface area contributed by atoms with E-state index in [4.69, 9.17) is 33.3 Å². The van der Waals surface area contributed by atoms with Crippen molar-refractivity contribution in [2.45, 2.75) is 6.54 Å². The molecule has 0 amide bonds. The molecule has 2 aromatic carbocycles. The van der Waals surface area contributed by atoms with Crippen molar-refractivity contribution in [3.05, 3.63) is 69.9 Å². The molecular weight excluding hydrogens is 385 g/mol. The van der Waals surface area contributed by atoms with Gasteiger partial charge in [0.25, 0.3) is 0 Å². The first kappa shape index (κ1) is 17.6. The molecule has 6 nitrogen and oxygen atoms in total. The van der Waals surface area contributed by atoms with Crippen molar-refractivity contribution < 1.29 is 4.74 Å². The summed E-state index contributed by atoms with van der Waals surface area (Å²) < 4.78 is 7.23. The summed E-state index contributed by atoms with van der Waals surface area (Å²) in [6, 6.07) is 12.9. The van der Waals surface area contributed by atoms with Gasteiger partial charge in [-0.05, 0) is 24.3 Å². The van der Waals surface area contributed by atoms with Crippen molar-refractivity contribution >= 4 is 34.4 Å². The van der Waals surface area contributed by atoms with E-state index < -0.39 is 0 Å². The number of nitrogens with zero attached hydrogens (tertiary/aromatic N) is 3.